The lowest BCUT2D eigenvalue weighted by molar-refractivity contribution is 0.0943. The molecule has 3 N–H and O–H groups in total. The number of aromatic nitrogens is 1. The number of amides is 1. The van der Waals surface area contributed by atoms with Crippen LogP contribution in [0.1, 0.15) is 27.9 Å². The van der Waals surface area contributed by atoms with Gasteiger partial charge in [-0.3, -0.25) is 4.79 Å². The zero-order valence-electron chi connectivity index (χ0n) is 10.3. The lowest BCUT2D eigenvalue weighted by atomic mass is 10.1. The van der Waals surface area contributed by atoms with Gasteiger partial charge in [0.1, 0.15) is 4.88 Å². The van der Waals surface area contributed by atoms with E-state index in [0.717, 1.165) is 6.42 Å². The Morgan fingerprint density at radius 3 is 2.94 bits per heavy atom. The van der Waals surface area contributed by atoms with E-state index in [2.05, 4.69) is 21.7 Å². The molecule has 6 heteroatoms. The van der Waals surface area contributed by atoms with E-state index in [0.29, 0.717) is 15.7 Å². The smallest absolute Gasteiger partial charge is 0.263 e. The van der Waals surface area contributed by atoms with E-state index in [-0.39, 0.29) is 11.9 Å². The number of carbonyl (C=O) groups excluding carboxylic acids is 1. The highest BCUT2D eigenvalue weighted by atomic mass is 32.1. The molecule has 2 heterocycles. The molecule has 0 aromatic carbocycles. The molecule has 0 bridgehead atoms. The van der Waals surface area contributed by atoms with Crippen molar-refractivity contribution in [1.82, 2.24) is 10.3 Å². The molecule has 2 aromatic rings. The van der Waals surface area contributed by atoms with Crippen LogP contribution in [0.15, 0.2) is 16.8 Å². The number of hydrogen-bond acceptors (Lipinski definition) is 5. The SMILES string of the molecule is Cc1nc(N)sc1C(=O)NC(C)Cc1ccsc1. The minimum absolute atomic E-state index is 0.0924. The minimum Gasteiger partial charge on any atom is -0.375 e. The van der Waals surface area contributed by atoms with Crippen molar-refractivity contribution in [3.05, 3.63) is 33.0 Å². The molecule has 1 atom stereocenters. The number of anilines is 1. The summed E-state index contributed by atoms with van der Waals surface area (Å²) in [6, 6.07) is 2.17. The number of carbonyl (C=O) groups is 1. The second-order valence-electron chi connectivity index (χ2n) is 4.18. The highest BCUT2D eigenvalue weighted by molar-refractivity contribution is 7.17. The van der Waals surface area contributed by atoms with Crippen molar-refractivity contribution in [1.29, 1.82) is 0 Å². The second-order valence-corrected chi connectivity index (χ2v) is 5.99. The molecular weight excluding hydrogens is 266 g/mol. The Kier molecular flexibility index (Phi) is 3.98. The summed E-state index contributed by atoms with van der Waals surface area (Å²) in [6.07, 6.45) is 0.836. The molecule has 96 valence electrons. The fraction of sp³-hybridized carbons (Fsp3) is 0.333. The third-order valence-corrected chi connectivity index (χ3v) is 4.24. The van der Waals surface area contributed by atoms with Gasteiger partial charge in [0.05, 0.1) is 5.69 Å². The lowest BCUT2D eigenvalue weighted by Crippen LogP contribution is -2.33. The summed E-state index contributed by atoms with van der Waals surface area (Å²) in [5, 5.41) is 7.54. The van der Waals surface area contributed by atoms with Crippen LogP contribution >= 0.6 is 22.7 Å². The maximum absolute atomic E-state index is 12.0. The maximum Gasteiger partial charge on any atom is 0.263 e. The van der Waals surface area contributed by atoms with Crippen LogP contribution in [0.2, 0.25) is 0 Å². The van der Waals surface area contributed by atoms with Gasteiger partial charge in [0, 0.05) is 6.04 Å². The number of nitrogen functional groups attached to an aromatic ring is 1. The Labute approximate surface area is 114 Å². The second kappa shape index (κ2) is 5.49. The topological polar surface area (TPSA) is 68.0 Å². The van der Waals surface area contributed by atoms with Crippen LogP contribution in [0.25, 0.3) is 0 Å². The van der Waals surface area contributed by atoms with Gasteiger partial charge in [-0.05, 0) is 42.7 Å². The van der Waals surface area contributed by atoms with Gasteiger partial charge >= 0.3 is 0 Å². The molecule has 0 aliphatic carbocycles. The maximum atomic E-state index is 12.0. The molecular formula is C12H15N3OS2. The van der Waals surface area contributed by atoms with Gasteiger partial charge < -0.3 is 11.1 Å². The largest absolute Gasteiger partial charge is 0.375 e. The third-order valence-electron chi connectivity index (χ3n) is 2.52. The first-order valence-electron chi connectivity index (χ1n) is 5.61. The van der Waals surface area contributed by atoms with Crippen molar-refractivity contribution in [2.24, 2.45) is 0 Å². The first kappa shape index (κ1) is 13.0. The number of rotatable bonds is 4. The predicted octanol–water partition coefficient (Wildman–Crippen LogP) is 2.46. The van der Waals surface area contributed by atoms with Crippen LogP contribution in [-0.4, -0.2) is 16.9 Å². The van der Waals surface area contributed by atoms with Gasteiger partial charge in [0.15, 0.2) is 5.13 Å². The van der Waals surface area contributed by atoms with Gasteiger partial charge in [0.25, 0.3) is 5.91 Å². The summed E-state index contributed by atoms with van der Waals surface area (Å²) in [4.78, 5) is 16.7. The molecule has 0 saturated carbocycles. The van der Waals surface area contributed by atoms with E-state index >= 15 is 0 Å². The number of nitrogens with two attached hydrogens (primary N) is 1. The fourth-order valence-electron chi connectivity index (χ4n) is 1.73. The van der Waals surface area contributed by atoms with Crippen LogP contribution in [0.5, 0.6) is 0 Å². The van der Waals surface area contributed by atoms with Gasteiger partial charge in [-0.1, -0.05) is 11.3 Å². The van der Waals surface area contributed by atoms with Crippen molar-refractivity contribution in [2.75, 3.05) is 5.73 Å². The highest BCUT2D eigenvalue weighted by Crippen LogP contribution is 2.19. The molecule has 0 radical (unpaired) electrons. The minimum atomic E-state index is -0.0931. The normalized spacial score (nSPS) is 12.3. The van der Waals surface area contributed by atoms with Crippen molar-refractivity contribution < 1.29 is 4.79 Å². The Balaban J connectivity index is 1.97. The number of nitrogens with zero attached hydrogens (tertiary/aromatic N) is 1. The lowest BCUT2D eigenvalue weighted by Gasteiger charge is -2.12. The van der Waals surface area contributed by atoms with Gasteiger partial charge in [-0.25, -0.2) is 4.98 Å². The van der Waals surface area contributed by atoms with E-state index in [9.17, 15) is 4.79 Å². The summed E-state index contributed by atoms with van der Waals surface area (Å²) in [7, 11) is 0. The first-order valence-corrected chi connectivity index (χ1v) is 7.37. The average molecular weight is 281 g/mol. The molecule has 1 unspecified atom stereocenters. The van der Waals surface area contributed by atoms with Gasteiger partial charge in [-0.2, -0.15) is 11.3 Å². The van der Waals surface area contributed by atoms with Crippen LogP contribution in [0.3, 0.4) is 0 Å². The Bertz CT molecular complexity index is 534. The standard InChI is InChI=1S/C12H15N3OS2/c1-7(5-9-3-4-17-6-9)14-11(16)10-8(2)15-12(13)18-10/h3-4,6-7H,5H2,1-2H3,(H2,13,15)(H,14,16). The molecule has 4 nitrogen and oxygen atoms in total. The molecule has 2 aromatic heterocycles. The van der Waals surface area contributed by atoms with Gasteiger partial charge in [0.2, 0.25) is 0 Å². The predicted molar refractivity (Wildman–Crippen MR) is 76.2 cm³/mol. The molecule has 0 aliphatic heterocycles. The third kappa shape index (κ3) is 3.08. The monoisotopic (exact) mass is 281 g/mol. The van der Waals surface area contributed by atoms with E-state index in [1.54, 1.807) is 18.3 Å². The summed E-state index contributed by atoms with van der Waals surface area (Å²) in [6.45, 7) is 3.79. The molecule has 18 heavy (non-hydrogen) atoms. The average Bonchev–Trinajstić information content (AvgIpc) is 2.88. The van der Waals surface area contributed by atoms with Crippen molar-refractivity contribution in [3.8, 4) is 0 Å². The van der Waals surface area contributed by atoms with E-state index < -0.39 is 0 Å². The number of aryl methyl sites for hydroxylation is 1. The van der Waals surface area contributed by atoms with Crippen LogP contribution in [0.4, 0.5) is 5.13 Å². The Hall–Kier alpha value is -1.40. The highest BCUT2D eigenvalue weighted by Gasteiger charge is 2.16. The molecule has 0 saturated heterocycles. The van der Waals surface area contributed by atoms with E-state index in [1.807, 2.05) is 12.3 Å². The molecule has 1 amide bonds. The Morgan fingerprint density at radius 1 is 1.61 bits per heavy atom. The van der Waals surface area contributed by atoms with Gasteiger partial charge in [-0.15, -0.1) is 0 Å². The van der Waals surface area contributed by atoms with E-state index in [1.165, 1.54) is 16.9 Å². The van der Waals surface area contributed by atoms with Crippen LogP contribution < -0.4 is 11.1 Å². The summed E-state index contributed by atoms with van der Waals surface area (Å²) < 4.78 is 0. The number of nitrogens with one attached hydrogen (secondary N) is 1. The number of thiazole rings is 1. The number of hydrogen-bond donors (Lipinski definition) is 2. The molecule has 2 rings (SSSR count). The van der Waals surface area contributed by atoms with Crippen molar-refractivity contribution in [3.63, 3.8) is 0 Å². The van der Waals surface area contributed by atoms with Crippen molar-refractivity contribution in [2.45, 2.75) is 26.3 Å². The number of thiophene rings is 1. The van der Waals surface area contributed by atoms with Crippen molar-refractivity contribution >= 4 is 33.7 Å². The quantitative estimate of drug-likeness (QED) is 0.904. The van der Waals surface area contributed by atoms with E-state index in [4.69, 9.17) is 5.73 Å². The molecule has 0 spiro atoms. The summed E-state index contributed by atoms with van der Waals surface area (Å²) in [5.74, 6) is -0.0931. The summed E-state index contributed by atoms with van der Waals surface area (Å²) in [5.41, 5.74) is 7.52. The first-order chi connectivity index (χ1) is 8.56. The van der Waals surface area contributed by atoms with Crippen LogP contribution in [-0.2, 0) is 6.42 Å². The van der Waals surface area contributed by atoms with Crippen LogP contribution in [0, 0.1) is 6.92 Å². The molecule has 0 aliphatic rings. The Morgan fingerprint density at radius 2 is 2.39 bits per heavy atom. The zero-order valence-corrected chi connectivity index (χ0v) is 11.9. The fourth-order valence-corrected chi connectivity index (χ4v) is 3.15. The zero-order chi connectivity index (χ0) is 13.1. The summed E-state index contributed by atoms with van der Waals surface area (Å²) >= 11 is 2.89. The molecule has 0 fully saturated rings.